The molecule has 0 bridgehead atoms. The molecule has 1 aromatic heterocycles. The lowest BCUT2D eigenvalue weighted by Gasteiger charge is -2.45. The summed E-state index contributed by atoms with van der Waals surface area (Å²) in [6.45, 7) is 13.9. The smallest absolute Gasteiger partial charge is 0.328 e. The van der Waals surface area contributed by atoms with Crippen molar-refractivity contribution in [3.63, 3.8) is 0 Å². The molecular weight excluding hydrogens is 502 g/mol. The minimum absolute atomic E-state index is 0.151. The summed E-state index contributed by atoms with van der Waals surface area (Å²) in [4.78, 5) is 20.6. The van der Waals surface area contributed by atoms with E-state index in [-0.39, 0.29) is 17.7 Å². The number of aryl methyl sites for hydroxylation is 2. The molecule has 1 aromatic carbocycles. The first-order valence-corrected chi connectivity index (χ1v) is 15.2. The second-order valence-corrected chi connectivity index (χ2v) is 13.0. The number of nitrogens with zero attached hydrogens (tertiary/aromatic N) is 2. The van der Waals surface area contributed by atoms with Crippen molar-refractivity contribution in [3.8, 4) is 0 Å². The molecule has 4 heterocycles. The summed E-state index contributed by atoms with van der Waals surface area (Å²) in [7, 11) is 0. The van der Waals surface area contributed by atoms with Crippen molar-refractivity contribution in [3.05, 3.63) is 58.3 Å². The van der Waals surface area contributed by atoms with Crippen molar-refractivity contribution in [2.45, 2.75) is 103 Å². The van der Waals surface area contributed by atoms with Gasteiger partial charge in [-0.3, -0.25) is 4.90 Å². The highest BCUT2D eigenvalue weighted by Gasteiger charge is 2.42. The number of pyridine rings is 1. The summed E-state index contributed by atoms with van der Waals surface area (Å²) in [6.07, 6.45) is 7.56. The molecule has 3 aliphatic heterocycles. The average Bonchev–Trinajstić information content (AvgIpc) is 2.87. The van der Waals surface area contributed by atoms with E-state index in [1.54, 1.807) is 0 Å². The molecule has 2 aromatic rings. The molecule has 0 saturated carbocycles. The Morgan fingerprint density at radius 1 is 1.15 bits per heavy atom. The van der Waals surface area contributed by atoms with Gasteiger partial charge in [0.1, 0.15) is 17.5 Å². The number of hydrogen-bond acceptors (Lipinski definition) is 7. The number of nitrogens with one attached hydrogen (secondary N) is 1. The fraction of sp³-hybridized carbons (Fsp3) is 0.636. The third-order valence-corrected chi connectivity index (χ3v) is 8.22. The van der Waals surface area contributed by atoms with Gasteiger partial charge in [0.2, 0.25) is 0 Å². The van der Waals surface area contributed by atoms with E-state index in [4.69, 9.17) is 19.2 Å². The molecule has 1 fully saturated rings. The third kappa shape index (κ3) is 6.87. The second kappa shape index (κ2) is 12.2. The highest BCUT2D eigenvalue weighted by Crippen LogP contribution is 2.39. The van der Waals surface area contributed by atoms with Crippen molar-refractivity contribution in [1.29, 1.82) is 0 Å². The zero-order valence-electron chi connectivity index (χ0n) is 25.1. The largest absolute Gasteiger partial charge is 0.459 e. The molecule has 0 aliphatic carbocycles. The minimum Gasteiger partial charge on any atom is -0.459 e. The zero-order valence-corrected chi connectivity index (χ0v) is 25.1. The van der Waals surface area contributed by atoms with Gasteiger partial charge in [0.15, 0.2) is 0 Å². The van der Waals surface area contributed by atoms with Crippen LogP contribution in [0.2, 0.25) is 0 Å². The van der Waals surface area contributed by atoms with E-state index in [0.717, 1.165) is 76.1 Å². The minimum atomic E-state index is -0.543. The molecule has 7 nitrogen and oxygen atoms in total. The van der Waals surface area contributed by atoms with Gasteiger partial charge in [-0.15, -0.1) is 0 Å². The van der Waals surface area contributed by atoms with E-state index in [2.05, 4.69) is 48.3 Å². The maximum absolute atomic E-state index is 13.5. The lowest BCUT2D eigenvalue weighted by atomic mass is 9.83. The molecule has 0 radical (unpaired) electrons. The van der Waals surface area contributed by atoms with Crippen LogP contribution < -0.4 is 5.32 Å². The number of likely N-dealkylation sites (tertiary alicyclic amines) is 1. The molecule has 40 heavy (non-hydrogen) atoms. The van der Waals surface area contributed by atoms with Crippen LogP contribution in [0.15, 0.2) is 30.3 Å². The normalized spacial score (nSPS) is 19.6. The molecule has 218 valence electrons. The monoisotopic (exact) mass is 549 g/mol. The molecule has 0 amide bonds. The van der Waals surface area contributed by atoms with Crippen LogP contribution >= 0.6 is 0 Å². The van der Waals surface area contributed by atoms with Crippen molar-refractivity contribution in [1.82, 2.24) is 9.88 Å². The first-order chi connectivity index (χ1) is 19.1. The summed E-state index contributed by atoms with van der Waals surface area (Å²) in [5.74, 6) is 0.897. The average molecular weight is 550 g/mol. The van der Waals surface area contributed by atoms with E-state index in [1.807, 2.05) is 26.8 Å². The van der Waals surface area contributed by atoms with Crippen LogP contribution in [0.5, 0.6) is 0 Å². The van der Waals surface area contributed by atoms with E-state index < -0.39 is 11.6 Å². The number of fused-ring (bicyclic) bond motifs is 2. The lowest BCUT2D eigenvalue weighted by molar-refractivity contribution is -0.168. The number of benzene rings is 1. The van der Waals surface area contributed by atoms with Gasteiger partial charge < -0.3 is 19.5 Å². The predicted octanol–water partition coefficient (Wildman–Crippen LogP) is 5.74. The first-order valence-electron chi connectivity index (χ1n) is 15.2. The van der Waals surface area contributed by atoms with Crippen LogP contribution in [0.1, 0.15) is 94.3 Å². The van der Waals surface area contributed by atoms with Gasteiger partial charge >= 0.3 is 5.97 Å². The summed E-state index contributed by atoms with van der Waals surface area (Å²) < 4.78 is 18.2. The molecule has 1 saturated heterocycles. The third-order valence-electron chi connectivity index (χ3n) is 8.22. The summed E-state index contributed by atoms with van der Waals surface area (Å²) in [5, 5.41) is 3.43. The van der Waals surface area contributed by atoms with Crippen LogP contribution in [-0.2, 0) is 43.9 Å². The number of ether oxygens (including phenoxy) is 3. The standard InChI is InChI=1S/C33H47N3O4/c1-32(2,3)40-31(37)29(27-13-9-14-28-26(27)17-20-39-33(28,4)5)36-21-25(22-36)38-19-8-6-7-12-24-16-15-23-11-10-18-34-30(23)35-24/h9,13-16,25,29H,6-8,10-12,17-22H2,1-5H3,(H,34,35). The van der Waals surface area contributed by atoms with Gasteiger partial charge in [-0.05, 0) is 101 Å². The zero-order chi connectivity index (χ0) is 28.3. The highest BCUT2D eigenvalue weighted by molar-refractivity contribution is 5.79. The number of esters is 1. The fourth-order valence-corrected chi connectivity index (χ4v) is 6.15. The Labute approximate surface area is 240 Å². The number of rotatable bonds is 10. The van der Waals surface area contributed by atoms with Crippen LogP contribution in [-0.4, -0.2) is 60.4 Å². The van der Waals surface area contributed by atoms with Gasteiger partial charge in [0.25, 0.3) is 0 Å². The van der Waals surface area contributed by atoms with Gasteiger partial charge in [0.05, 0.1) is 18.3 Å². The lowest BCUT2D eigenvalue weighted by Crippen LogP contribution is -2.56. The Morgan fingerprint density at radius 2 is 1.98 bits per heavy atom. The Morgan fingerprint density at radius 3 is 2.77 bits per heavy atom. The van der Waals surface area contributed by atoms with Gasteiger partial charge in [0, 0.05) is 31.9 Å². The SMILES string of the molecule is CC(C)(C)OC(=O)C(c1cccc2c1CCOC2(C)C)N1CC(OCCCCCc2ccc3c(n2)NCCC3)C1. The number of aromatic nitrogens is 1. The fourth-order valence-electron chi connectivity index (χ4n) is 6.15. The van der Waals surface area contributed by atoms with Crippen LogP contribution in [0.25, 0.3) is 0 Å². The highest BCUT2D eigenvalue weighted by atomic mass is 16.6. The molecule has 5 rings (SSSR count). The number of hydrogen-bond donors (Lipinski definition) is 1. The second-order valence-electron chi connectivity index (χ2n) is 13.0. The maximum Gasteiger partial charge on any atom is 0.328 e. The molecule has 7 heteroatoms. The molecule has 1 N–H and O–H groups in total. The Bertz CT molecular complexity index is 1180. The van der Waals surface area contributed by atoms with Crippen LogP contribution in [0.3, 0.4) is 0 Å². The van der Waals surface area contributed by atoms with Gasteiger partial charge in [-0.1, -0.05) is 30.7 Å². The molecule has 0 spiro atoms. The molecule has 1 unspecified atom stereocenters. The van der Waals surface area contributed by atoms with Crippen molar-refractivity contribution >= 4 is 11.8 Å². The maximum atomic E-state index is 13.5. The number of carbonyl (C=O) groups is 1. The van der Waals surface area contributed by atoms with E-state index in [9.17, 15) is 4.79 Å². The number of unbranched alkanes of at least 4 members (excludes halogenated alkanes) is 2. The summed E-state index contributed by atoms with van der Waals surface area (Å²) in [5.41, 5.74) is 5.05. The van der Waals surface area contributed by atoms with Crippen LogP contribution in [0, 0.1) is 0 Å². The molecule has 3 aliphatic rings. The van der Waals surface area contributed by atoms with Gasteiger partial charge in [-0.25, -0.2) is 9.78 Å². The molecule has 1 atom stereocenters. The first kappa shape index (κ1) is 29.0. The molecular formula is C33H47N3O4. The van der Waals surface area contributed by atoms with Crippen molar-refractivity contribution in [2.75, 3.05) is 38.2 Å². The van der Waals surface area contributed by atoms with Crippen molar-refractivity contribution < 1.29 is 19.0 Å². The Hall–Kier alpha value is -2.48. The van der Waals surface area contributed by atoms with E-state index in [0.29, 0.717) is 6.61 Å². The van der Waals surface area contributed by atoms with Gasteiger partial charge in [-0.2, -0.15) is 0 Å². The van der Waals surface area contributed by atoms with E-state index >= 15 is 0 Å². The number of carbonyl (C=O) groups excluding carboxylic acids is 1. The van der Waals surface area contributed by atoms with Crippen LogP contribution in [0.4, 0.5) is 5.82 Å². The number of anilines is 1. The van der Waals surface area contributed by atoms with E-state index in [1.165, 1.54) is 28.8 Å². The predicted molar refractivity (Wildman–Crippen MR) is 158 cm³/mol. The topological polar surface area (TPSA) is 72.9 Å². The quantitative estimate of drug-likeness (QED) is 0.299. The summed E-state index contributed by atoms with van der Waals surface area (Å²) in [6, 6.07) is 10.3. The summed E-state index contributed by atoms with van der Waals surface area (Å²) >= 11 is 0. The Kier molecular flexibility index (Phi) is 8.83. The van der Waals surface area contributed by atoms with Crippen molar-refractivity contribution in [2.24, 2.45) is 0 Å². The Balaban J connectivity index is 1.12.